The maximum absolute atomic E-state index is 6.15. The summed E-state index contributed by atoms with van der Waals surface area (Å²) in [6, 6.07) is 35.1. The highest BCUT2D eigenvalue weighted by molar-refractivity contribution is 7.20. The van der Waals surface area contributed by atoms with E-state index >= 15 is 0 Å². The van der Waals surface area contributed by atoms with Crippen molar-refractivity contribution in [2.75, 3.05) is 0 Å². The van der Waals surface area contributed by atoms with Gasteiger partial charge in [-0.3, -0.25) is 0 Å². The van der Waals surface area contributed by atoms with E-state index < -0.39 is 0 Å². The largest absolute Gasteiger partial charge is 0.472 e. The normalized spacial score (nSPS) is 11.7. The molecule has 0 amide bonds. The number of ether oxygens (including phenoxy) is 1. The van der Waals surface area contributed by atoms with Gasteiger partial charge in [-0.15, -0.1) is 45.3 Å². The second kappa shape index (κ2) is 21.7. The van der Waals surface area contributed by atoms with Gasteiger partial charge in [0.1, 0.15) is 5.60 Å². The lowest BCUT2D eigenvalue weighted by Gasteiger charge is -2.20. The SMILES string of the molecule is CCCCc1csc(-c2cccc(-c3sc(-c4cccc(-c5sc(-c6cccc(-c7sc(-c8cccc(OC(C)(C)C)n8)cc7CCCC)n6)cc5CCCC)n4)cc3CCCC)n2)c1. The van der Waals surface area contributed by atoms with Gasteiger partial charge >= 0.3 is 0 Å². The number of unbranched alkanes of at least 4 members (excludes halogenated alkanes) is 4. The van der Waals surface area contributed by atoms with Crippen molar-refractivity contribution in [3.05, 3.63) is 125 Å². The van der Waals surface area contributed by atoms with E-state index in [1.807, 2.05) is 46.1 Å². The third-order valence-corrected chi connectivity index (χ3v) is 16.1. The molecule has 5 nitrogen and oxygen atoms in total. The van der Waals surface area contributed by atoms with Crippen LogP contribution in [-0.2, 0) is 25.7 Å². The van der Waals surface area contributed by atoms with Gasteiger partial charge in [-0.05, 0) is 167 Å². The van der Waals surface area contributed by atoms with Crippen molar-refractivity contribution in [1.29, 1.82) is 0 Å². The fraction of sp³-hybridized carbons (Fsp3) is 0.357. The Bertz CT molecular complexity index is 2820. The minimum atomic E-state index is -0.319. The first kappa shape index (κ1) is 46.7. The first-order valence-electron chi connectivity index (χ1n) is 23.7. The molecule has 9 heteroatoms. The topological polar surface area (TPSA) is 60.8 Å². The molecule has 0 atom stereocenters. The smallest absolute Gasteiger partial charge is 0.214 e. The molecule has 0 saturated carbocycles. The highest BCUT2D eigenvalue weighted by Crippen LogP contribution is 2.44. The van der Waals surface area contributed by atoms with E-state index in [0.717, 1.165) is 109 Å². The summed E-state index contributed by atoms with van der Waals surface area (Å²) in [6.45, 7) is 15.2. The van der Waals surface area contributed by atoms with Gasteiger partial charge in [0.25, 0.3) is 0 Å². The van der Waals surface area contributed by atoms with Crippen LogP contribution in [0.5, 0.6) is 5.88 Å². The van der Waals surface area contributed by atoms with Crippen LogP contribution in [0.2, 0.25) is 0 Å². The third kappa shape index (κ3) is 11.6. The molecular weight excluding hydrogens is 873 g/mol. The average molecular weight is 935 g/mol. The van der Waals surface area contributed by atoms with Gasteiger partial charge in [-0.25, -0.2) is 19.9 Å². The molecule has 8 aromatic heterocycles. The number of thiophene rings is 4. The minimum absolute atomic E-state index is 0.319. The summed E-state index contributed by atoms with van der Waals surface area (Å²) >= 11 is 7.24. The number of aryl methyl sites for hydroxylation is 4. The van der Waals surface area contributed by atoms with Crippen LogP contribution in [0.3, 0.4) is 0 Å². The number of pyridine rings is 4. The zero-order chi connectivity index (χ0) is 45.3. The second-order valence-corrected chi connectivity index (χ2v) is 22.0. The minimum Gasteiger partial charge on any atom is -0.472 e. The Morgan fingerprint density at radius 3 is 1.22 bits per heavy atom. The van der Waals surface area contributed by atoms with Gasteiger partial charge in [0.2, 0.25) is 5.88 Å². The monoisotopic (exact) mass is 934 g/mol. The number of aromatic nitrogens is 4. The zero-order valence-corrected chi connectivity index (χ0v) is 42.4. The average Bonchev–Trinajstić information content (AvgIpc) is 4.15. The molecule has 8 rings (SSSR count). The maximum atomic E-state index is 6.15. The van der Waals surface area contributed by atoms with Crippen molar-refractivity contribution < 1.29 is 4.74 Å². The molecule has 0 fully saturated rings. The molecule has 0 saturated heterocycles. The van der Waals surface area contributed by atoms with E-state index in [1.165, 1.54) is 64.4 Å². The summed E-state index contributed by atoms with van der Waals surface area (Å²) in [5.74, 6) is 0.647. The van der Waals surface area contributed by atoms with Crippen molar-refractivity contribution in [2.24, 2.45) is 0 Å². The van der Waals surface area contributed by atoms with E-state index in [-0.39, 0.29) is 5.60 Å². The summed E-state index contributed by atoms with van der Waals surface area (Å²) in [4.78, 5) is 29.5. The predicted octanol–water partition coefficient (Wildman–Crippen LogP) is 17.7. The van der Waals surface area contributed by atoms with Crippen LogP contribution < -0.4 is 4.74 Å². The second-order valence-electron chi connectivity index (χ2n) is 17.9. The van der Waals surface area contributed by atoms with Crippen molar-refractivity contribution in [3.63, 3.8) is 0 Å². The van der Waals surface area contributed by atoms with Crippen molar-refractivity contribution in [3.8, 4) is 79.9 Å². The van der Waals surface area contributed by atoms with Crippen molar-refractivity contribution in [2.45, 2.75) is 131 Å². The predicted molar refractivity (Wildman–Crippen MR) is 282 cm³/mol. The molecule has 65 heavy (non-hydrogen) atoms. The zero-order valence-electron chi connectivity index (χ0n) is 39.1. The maximum Gasteiger partial charge on any atom is 0.214 e. The quantitative estimate of drug-likeness (QED) is 0.0762. The van der Waals surface area contributed by atoms with E-state index in [4.69, 9.17) is 24.7 Å². The number of hydrogen-bond donors (Lipinski definition) is 0. The van der Waals surface area contributed by atoms with Crippen LogP contribution in [0, 0.1) is 0 Å². The summed E-state index contributed by atoms with van der Waals surface area (Å²) in [5.41, 5.74) is 12.2. The molecule has 336 valence electrons. The molecule has 0 unspecified atom stereocenters. The lowest BCUT2D eigenvalue weighted by Crippen LogP contribution is -2.23. The highest BCUT2D eigenvalue weighted by Gasteiger charge is 2.21. The van der Waals surface area contributed by atoms with E-state index in [9.17, 15) is 0 Å². The lowest BCUT2D eigenvalue weighted by atomic mass is 10.1. The Kier molecular flexibility index (Phi) is 15.6. The molecule has 8 aromatic rings. The molecule has 0 bridgehead atoms. The van der Waals surface area contributed by atoms with Crippen molar-refractivity contribution in [1.82, 2.24) is 19.9 Å². The van der Waals surface area contributed by atoms with Crippen molar-refractivity contribution >= 4 is 45.3 Å². The molecule has 8 heterocycles. The highest BCUT2D eigenvalue weighted by atomic mass is 32.1. The van der Waals surface area contributed by atoms with Crippen LogP contribution in [0.25, 0.3) is 74.0 Å². The van der Waals surface area contributed by atoms with Crippen LogP contribution in [0.15, 0.2) is 102 Å². The van der Waals surface area contributed by atoms with Gasteiger partial charge in [0.15, 0.2) is 0 Å². The summed E-state index contributed by atoms with van der Waals surface area (Å²) in [7, 11) is 0. The Balaban J connectivity index is 1.12. The van der Waals surface area contributed by atoms with E-state index in [1.54, 1.807) is 11.3 Å². The summed E-state index contributed by atoms with van der Waals surface area (Å²) in [5, 5.41) is 2.31. The number of hydrogen-bond acceptors (Lipinski definition) is 9. The Morgan fingerprint density at radius 1 is 0.431 bits per heavy atom. The number of rotatable bonds is 20. The van der Waals surface area contributed by atoms with Gasteiger partial charge in [0, 0.05) is 6.07 Å². The van der Waals surface area contributed by atoms with Crippen LogP contribution in [0.1, 0.15) is 122 Å². The standard InChI is InChI=1S/C56H62N4OS4/c1-8-12-20-37-32-48(62-36-37)41-24-16-28-45(57-41)53-38(21-13-9-2)33-49(63-53)42-25-17-29-46(58-42)54-39(22-14-10-3)34-50(64-54)43-26-18-30-47(59-43)55-40(23-15-11-4)35-51(65-55)44-27-19-31-52(60-44)61-56(5,6)7/h16-19,24-36H,8-15,20-23H2,1-7H3. The first-order valence-corrected chi connectivity index (χ1v) is 27.0. The lowest BCUT2D eigenvalue weighted by molar-refractivity contribution is 0.124. The molecule has 0 aliphatic carbocycles. The Hall–Kier alpha value is -4.80. The van der Waals surface area contributed by atoms with E-state index in [2.05, 4.69) is 139 Å². The molecule has 0 aliphatic heterocycles. The summed E-state index contributed by atoms with van der Waals surface area (Å²) in [6.07, 6.45) is 13.4. The fourth-order valence-electron chi connectivity index (χ4n) is 8.01. The molecule has 0 radical (unpaired) electrons. The van der Waals surface area contributed by atoms with E-state index in [0.29, 0.717) is 5.88 Å². The summed E-state index contributed by atoms with van der Waals surface area (Å²) < 4.78 is 6.15. The van der Waals surface area contributed by atoms with Gasteiger partial charge in [-0.2, -0.15) is 0 Å². The Morgan fingerprint density at radius 2 is 0.800 bits per heavy atom. The molecular formula is C56H62N4OS4. The fourth-order valence-corrected chi connectivity index (χ4v) is 12.4. The molecule has 0 aliphatic rings. The van der Waals surface area contributed by atoms with Gasteiger partial charge in [0.05, 0.1) is 74.0 Å². The van der Waals surface area contributed by atoms with Gasteiger partial charge < -0.3 is 4.74 Å². The molecule has 0 aromatic carbocycles. The Labute approximate surface area is 403 Å². The molecule has 0 N–H and O–H groups in total. The first-order chi connectivity index (χ1) is 31.6. The van der Waals surface area contributed by atoms with Crippen LogP contribution in [0.4, 0.5) is 0 Å². The molecule has 0 spiro atoms. The number of nitrogens with zero attached hydrogens (tertiary/aromatic N) is 4. The van der Waals surface area contributed by atoms with Crippen LogP contribution in [-0.4, -0.2) is 25.5 Å². The van der Waals surface area contributed by atoms with Crippen LogP contribution >= 0.6 is 45.3 Å². The van der Waals surface area contributed by atoms with Gasteiger partial charge in [-0.1, -0.05) is 77.6 Å². The third-order valence-electron chi connectivity index (χ3n) is 11.4.